The van der Waals surface area contributed by atoms with E-state index in [0.717, 1.165) is 0 Å². The highest BCUT2D eigenvalue weighted by atomic mass is 35.5. The summed E-state index contributed by atoms with van der Waals surface area (Å²) in [6, 6.07) is 1.50. The van der Waals surface area contributed by atoms with E-state index in [1.807, 2.05) is 0 Å². The number of hydrogen-bond acceptors (Lipinski definition) is 3. The third-order valence-electron chi connectivity index (χ3n) is 2.00. The molecule has 6 heteroatoms. The largest absolute Gasteiger partial charge is 0.274 e. The lowest BCUT2D eigenvalue weighted by atomic mass is 10.2. The van der Waals surface area contributed by atoms with Gasteiger partial charge in [0.05, 0.1) is 17.1 Å². The van der Waals surface area contributed by atoms with Crippen LogP contribution in [0.15, 0.2) is 30.6 Å². The summed E-state index contributed by atoms with van der Waals surface area (Å²) in [6.07, 6.45) is 5.82. The van der Waals surface area contributed by atoms with Gasteiger partial charge in [0.15, 0.2) is 0 Å². The molecule has 5 nitrogen and oxygen atoms in total. The van der Waals surface area contributed by atoms with Crippen LogP contribution in [0.3, 0.4) is 0 Å². The van der Waals surface area contributed by atoms with Gasteiger partial charge in [-0.1, -0.05) is 17.7 Å². The molecule has 2 amide bonds. The second-order valence-corrected chi connectivity index (χ2v) is 3.62. The Bertz CT molecular complexity index is 473. The van der Waals surface area contributed by atoms with Gasteiger partial charge in [0.25, 0.3) is 11.8 Å². The van der Waals surface area contributed by atoms with Crippen LogP contribution in [0.2, 0.25) is 5.02 Å². The SMILES string of the molecule is O=C1C=CCN(C(=O)c2cncc(Cl)c2)N1. The fourth-order valence-corrected chi connectivity index (χ4v) is 1.47. The monoisotopic (exact) mass is 237 g/mol. The highest BCUT2D eigenvalue weighted by molar-refractivity contribution is 6.30. The van der Waals surface area contributed by atoms with Crippen molar-refractivity contribution < 1.29 is 9.59 Å². The molecule has 0 saturated carbocycles. The van der Waals surface area contributed by atoms with Crippen LogP contribution >= 0.6 is 11.6 Å². The molecule has 1 aromatic rings. The molecular weight excluding hydrogens is 230 g/mol. The Balaban J connectivity index is 2.19. The van der Waals surface area contributed by atoms with Crippen molar-refractivity contribution in [2.45, 2.75) is 0 Å². The van der Waals surface area contributed by atoms with Crippen molar-refractivity contribution in [3.8, 4) is 0 Å². The van der Waals surface area contributed by atoms with E-state index < -0.39 is 0 Å². The first-order valence-corrected chi connectivity index (χ1v) is 4.94. The first-order valence-electron chi connectivity index (χ1n) is 4.56. The molecule has 0 atom stereocenters. The number of hydrazine groups is 1. The van der Waals surface area contributed by atoms with E-state index in [-0.39, 0.29) is 11.8 Å². The molecule has 2 heterocycles. The van der Waals surface area contributed by atoms with Gasteiger partial charge in [0.1, 0.15) is 0 Å². The lowest BCUT2D eigenvalue weighted by Crippen LogP contribution is -2.47. The summed E-state index contributed by atoms with van der Waals surface area (Å²) < 4.78 is 0. The van der Waals surface area contributed by atoms with Gasteiger partial charge in [0, 0.05) is 18.5 Å². The van der Waals surface area contributed by atoms with Gasteiger partial charge in [-0.2, -0.15) is 0 Å². The minimum atomic E-state index is -0.340. The molecule has 0 aromatic carbocycles. The number of carbonyl (C=O) groups excluding carboxylic acids is 2. The van der Waals surface area contributed by atoms with E-state index in [1.165, 1.54) is 29.5 Å². The molecule has 2 rings (SSSR count). The zero-order valence-corrected chi connectivity index (χ0v) is 8.94. The van der Waals surface area contributed by atoms with Gasteiger partial charge in [-0.05, 0) is 6.07 Å². The van der Waals surface area contributed by atoms with Gasteiger partial charge in [-0.15, -0.1) is 0 Å². The molecule has 0 fully saturated rings. The Morgan fingerprint density at radius 1 is 1.50 bits per heavy atom. The first kappa shape index (κ1) is 10.6. The molecule has 0 bridgehead atoms. The van der Waals surface area contributed by atoms with Gasteiger partial charge >= 0.3 is 0 Å². The lowest BCUT2D eigenvalue weighted by molar-refractivity contribution is -0.120. The van der Waals surface area contributed by atoms with Crippen LogP contribution in [-0.4, -0.2) is 28.4 Å². The maximum absolute atomic E-state index is 11.9. The number of rotatable bonds is 1. The van der Waals surface area contributed by atoms with E-state index in [2.05, 4.69) is 10.4 Å². The van der Waals surface area contributed by atoms with Gasteiger partial charge < -0.3 is 0 Å². The lowest BCUT2D eigenvalue weighted by Gasteiger charge is -2.23. The Morgan fingerprint density at radius 2 is 2.31 bits per heavy atom. The van der Waals surface area contributed by atoms with Gasteiger partial charge in [-0.25, -0.2) is 5.01 Å². The van der Waals surface area contributed by atoms with E-state index in [0.29, 0.717) is 17.1 Å². The van der Waals surface area contributed by atoms with Crippen molar-refractivity contribution in [3.05, 3.63) is 41.2 Å². The molecule has 0 radical (unpaired) electrons. The van der Waals surface area contributed by atoms with Crippen molar-refractivity contribution in [2.75, 3.05) is 6.54 Å². The van der Waals surface area contributed by atoms with Crippen LogP contribution in [0, 0.1) is 0 Å². The van der Waals surface area contributed by atoms with Crippen LogP contribution < -0.4 is 5.43 Å². The quantitative estimate of drug-likeness (QED) is 0.785. The van der Waals surface area contributed by atoms with Crippen LogP contribution in [0.4, 0.5) is 0 Å². The molecule has 0 saturated heterocycles. The van der Waals surface area contributed by atoms with Crippen LogP contribution in [-0.2, 0) is 4.79 Å². The zero-order valence-electron chi connectivity index (χ0n) is 8.18. The molecule has 1 aliphatic heterocycles. The van der Waals surface area contributed by atoms with E-state index in [1.54, 1.807) is 6.08 Å². The molecule has 0 aliphatic carbocycles. The summed E-state index contributed by atoms with van der Waals surface area (Å²) in [4.78, 5) is 26.7. The molecule has 0 spiro atoms. The second-order valence-electron chi connectivity index (χ2n) is 3.19. The number of nitrogens with zero attached hydrogens (tertiary/aromatic N) is 2. The van der Waals surface area contributed by atoms with Crippen molar-refractivity contribution in [1.82, 2.24) is 15.4 Å². The molecule has 16 heavy (non-hydrogen) atoms. The highest BCUT2D eigenvalue weighted by Crippen LogP contribution is 2.10. The Labute approximate surface area is 96.7 Å². The summed E-state index contributed by atoms with van der Waals surface area (Å²) in [5, 5.41) is 1.58. The molecular formula is C10H8ClN3O2. The second kappa shape index (κ2) is 4.32. The average molecular weight is 238 g/mol. The summed E-state index contributed by atoms with van der Waals surface area (Å²) >= 11 is 5.72. The number of pyridine rings is 1. The van der Waals surface area contributed by atoms with Crippen LogP contribution in [0.25, 0.3) is 0 Å². The highest BCUT2D eigenvalue weighted by Gasteiger charge is 2.19. The minimum Gasteiger partial charge on any atom is -0.268 e. The average Bonchev–Trinajstić information content (AvgIpc) is 2.28. The predicted octanol–water partition coefficient (Wildman–Crippen LogP) is 0.778. The van der Waals surface area contributed by atoms with Crippen molar-refractivity contribution in [3.63, 3.8) is 0 Å². The fraction of sp³-hybridized carbons (Fsp3) is 0.100. The maximum atomic E-state index is 11.9. The molecule has 1 aliphatic rings. The molecule has 1 N–H and O–H groups in total. The van der Waals surface area contributed by atoms with Gasteiger partial charge in [-0.3, -0.25) is 20.0 Å². The van der Waals surface area contributed by atoms with E-state index in [4.69, 9.17) is 11.6 Å². The van der Waals surface area contributed by atoms with Crippen molar-refractivity contribution >= 4 is 23.4 Å². The Morgan fingerprint density at radius 3 is 3.00 bits per heavy atom. The third-order valence-corrected chi connectivity index (χ3v) is 2.21. The number of halogens is 1. The molecule has 0 unspecified atom stereocenters. The maximum Gasteiger partial charge on any atom is 0.274 e. The number of aromatic nitrogens is 1. The molecule has 1 aromatic heterocycles. The summed E-state index contributed by atoms with van der Waals surface area (Å²) in [5.74, 6) is -0.665. The third kappa shape index (κ3) is 2.20. The first-order chi connectivity index (χ1) is 7.66. The van der Waals surface area contributed by atoms with Gasteiger partial charge in [0.2, 0.25) is 0 Å². The van der Waals surface area contributed by atoms with Crippen LogP contribution in [0.1, 0.15) is 10.4 Å². The Kier molecular flexibility index (Phi) is 2.87. The summed E-state index contributed by atoms with van der Waals surface area (Å²) in [6.45, 7) is 0.330. The Hall–Kier alpha value is -1.88. The van der Waals surface area contributed by atoms with Crippen molar-refractivity contribution in [1.29, 1.82) is 0 Å². The summed E-state index contributed by atoms with van der Waals surface area (Å²) in [5.41, 5.74) is 2.76. The number of carbonyl (C=O) groups is 2. The fourth-order valence-electron chi connectivity index (χ4n) is 1.30. The van der Waals surface area contributed by atoms with Crippen LogP contribution in [0.5, 0.6) is 0 Å². The minimum absolute atomic E-state index is 0.324. The van der Waals surface area contributed by atoms with E-state index in [9.17, 15) is 9.59 Å². The topological polar surface area (TPSA) is 62.3 Å². The normalized spacial score (nSPS) is 14.8. The predicted molar refractivity (Wildman–Crippen MR) is 57.6 cm³/mol. The standard InChI is InChI=1S/C10H8ClN3O2/c11-8-4-7(5-12-6-8)10(16)14-3-1-2-9(15)13-14/h1-2,4-6H,3H2,(H,13,15). The number of amides is 2. The smallest absolute Gasteiger partial charge is 0.268 e. The number of nitrogens with one attached hydrogen (secondary N) is 1. The molecule has 82 valence electrons. The number of hydrogen-bond donors (Lipinski definition) is 1. The van der Waals surface area contributed by atoms with Crippen molar-refractivity contribution in [2.24, 2.45) is 0 Å². The zero-order chi connectivity index (χ0) is 11.5. The van der Waals surface area contributed by atoms with E-state index >= 15 is 0 Å². The summed E-state index contributed by atoms with van der Waals surface area (Å²) in [7, 11) is 0.